The Morgan fingerprint density at radius 2 is 1.58 bits per heavy atom. The molecule has 0 saturated heterocycles. The highest BCUT2D eigenvalue weighted by atomic mass is 79.9. The van der Waals surface area contributed by atoms with Gasteiger partial charge in [0.05, 0.1) is 17.3 Å². The standard InChI is InChI=1S/C26H20BrN3O/c27-22-13-7-8-14-24(22)30-16-15-21(18-28)25(30)26(31)29-23(20-11-5-2-6-12-20)17-19-9-3-1-4-10-19/h1-16,23H,17H2,(H,29,31). The van der Waals surface area contributed by atoms with E-state index >= 15 is 0 Å². The minimum absolute atomic E-state index is 0.231. The van der Waals surface area contributed by atoms with Crippen molar-refractivity contribution >= 4 is 21.8 Å². The molecule has 31 heavy (non-hydrogen) atoms. The lowest BCUT2D eigenvalue weighted by Crippen LogP contribution is -2.32. The third-order valence-corrected chi connectivity index (χ3v) is 5.79. The molecule has 0 radical (unpaired) electrons. The number of nitrogens with zero attached hydrogens (tertiary/aromatic N) is 2. The summed E-state index contributed by atoms with van der Waals surface area (Å²) in [6, 6.07) is 31.2. The quantitative estimate of drug-likeness (QED) is 0.386. The minimum atomic E-state index is -0.290. The van der Waals surface area contributed by atoms with Gasteiger partial charge in [0.15, 0.2) is 0 Å². The van der Waals surface area contributed by atoms with Gasteiger partial charge in [-0.3, -0.25) is 4.79 Å². The average molecular weight is 470 g/mol. The smallest absolute Gasteiger partial charge is 0.270 e. The van der Waals surface area contributed by atoms with Crippen molar-refractivity contribution in [2.75, 3.05) is 0 Å². The normalized spacial score (nSPS) is 11.5. The highest BCUT2D eigenvalue weighted by Crippen LogP contribution is 2.26. The maximum atomic E-state index is 13.5. The molecule has 0 saturated carbocycles. The van der Waals surface area contributed by atoms with Crippen molar-refractivity contribution in [1.82, 2.24) is 9.88 Å². The second-order valence-electron chi connectivity index (χ2n) is 7.14. The molecule has 0 aliphatic heterocycles. The molecule has 0 aliphatic carbocycles. The lowest BCUT2D eigenvalue weighted by atomic mass is 9.98. The van der Waals surface area contributed by atoms with Crippen LogP contribution in [0, 0.1) is 11.3 Å². The number of para-hydroxylation sites is 1. The summed E-state index contributed by atoms with van der Waals surface area (Å²) in [5.74, 6) is -0.290. The number of carbonyl (C=O) groups is 1. The van der Waals surface area contributed by atoms with Crippen LogP contribution in [-0.4, -0.2) is 10.5 Å². The zero-order chi connectivity index (χ0) is 21.6. The number of hydrogen-bond acceptors (Lipinski definition) is 2. The molecule has 0 aliphatic rings. The first-order valence-electron chi connectivity index (χ1n) is 9.93. The van der Waals surface area contributed by atoms with E-state index in [1.54, 1.807) is 16.8 Å². The SMILES string of the molecule is N#Cc1ccn(-c2ccccc2Br)c1C(=O)NC(Cc1ccccc1)c1ccccc1. The van der Waals surface area contributed by atoms with Gasteiger partial charge >= 0.3 is 0 Å². The molecule has 1 amide bonds. The van der Waals surface area contributed by atoms with Gasteiger partial charge in [-0.05, 0) is 51.7 Å². The first kappa shape index (κ1) is 20.6. The Bertz CT molecular complexity index is 1230. The van der Waals surface area contributed by atoms with Crippen molar-refractivity contribution in [2.45, 2.75) is 12.5 Å². The van der Waals surface area contributed by atoms with Gasteiger partial charge < -0.3 is 9.88 Å². The molecule has 3 aromatic carbocycles. The van der Waals surface area contributed by atoms with Gasteiger partial charge in [-0.2, -0.15) is 5.26 Å². The van der Waals surface area contributed by atoms with Crippen molar-refractivity contribution < 1.29 is 4.79 Å². The van der Waals surface area contributed by atoms with Gasteiger partial charge in [0.1, 0.15) is 11.8 Å². The number of aromatic nitrogens is 1. The monoisotopic (exact) mass is 469 g/mol. The summed E-state index contributed by atoms with van der Waals surface area (Å²) >= 11 is 3.54. The first-order valence-corrected chi connectivity index (χ1v) is 10.7. The van der Waals surface area contributed by atoms with E-state index in [9.17, 15) is 10.1 Å². The van der Waals surface area contributed by atoms with Crippen molar-refractivity contribution in [1.29, 1.82) is 5.26 Å². The lowest BCUT2D eigenvalue weighted by molar-refractivity contribution is 0.0929. The Labute approximate surface area is 189 Å². The molecule has 4 rings (SSSR count). The highest BCUT2D eigenvalue weighted by Gasteiger charge is 2.23. The molecular formula is C26H20BrN3O. The summed E-state index contributed by atoms with van der Waals surface area (Å²) in [6.45, 7) is 0. The van der Waals surface area contributed by atoms with Gasteiger partial charge in [0, 0.05) is 10.7 Å². The number of rotatable bonds is 6. The fraction of sp³-hybridized carbons (Fsp3) is 0.0769. The number of amides is 1. The van der Waals surface area contributed by atoms with E-state index in [-0.39, 0.29) is 11.9 Å². The second-order valence-corrected chi connectivity index (χ2v) is 7.99. The zero-order valence-electron chi connectivity index (χ0n) is 16.7. The van der Waals surface area contributed by atoms with Crippen LogP contribution in [0.15, 0.2) is 102 Å². The largest absolute Gasteiger partial charge is 0.344 e. The van der Waals surface area contributed by atoms with Crippen LogP contribution in [0.3, 0.4) is 0 Å². The van der Waals surface area contributed by atoms with Crippen LogP contribution in [0.25, 0.3) is 5.69 Å². The predicted octanol–water partition coefficient (Wildman–Crippen LogP) is 5.83. The molecule has 1 N–H and O–H groups in total. The Balaban J connectivity index is 1.70. The van der Waals surface area contributed by atoms with Gasteiger partial charge in [-0.25, -0.2) is 0 Å². The van der Waals surface area contributed by atoms with Crippen molar-refractivity contribution in [3.63, 3.8) is 0 Å². The Kier molecular flexibility index (Phi) is 6.30. The van der Waals surface area contributed by atoms with Crippen LogP contribution in [0.4, 0.5) is 0 Å². The summed E-state index contributed by atoms with van der Waals surface area (Å²) in [5.41, 5.74) is 3.59. The van der Waals surface area contributed by atoms with Gasteiger partial charge in [-0.15, -0.1) is 0 Å². The van der Waals surface area contributed by atoms with E-state index in [2.05, 4.69) is 27.3 Å². The molecule has 1 unspecified atom stereocenters. The molecule has 1 aromatic heterocycles. The Hall–Kier alpha value is -3.62. The molecule has 152 valence electrons. The van der Waals surface area contributed by atoms with Gasteiger partial charge in [0.25, 0.3) is 5.91 Å². The van der Waals surface area contributed by atoms with Crippen molar-refractivity contribution in [3.05, 3.63) is 124 Å². The van der Waals surface area contributed by atoms with E-state index in [0.717, 1.165) is 21.3 Å². The predicted molar refractivity (Wildman–Crippen MR) is 125 cm³/mol. The van der Waals surface area contributed by atoms with Crippen LogP contribution < -0.4 is 5.32 Å². The van der Waals surface area contributed by atoms with E-state index in [4.69, 9.17) is 0 Å². The number of halogens is 1. The Morgan fingerprint density at radius 3 is 2.26 bits per heavy atom. The lowest BCUT2D eigenvalue weighted by Gasteiger charge is -2.21. The highest BCUT2D eigenvalue weighted by molar-refractivity contribution is 9.10. The van der Waals surface area contributed by atoms with E-state index in [1.807, 2.05) is 84.9 Å². The Morgan fingerprint density at radius 1 is 0.935 bits per heavy atom. The molecule has 0 fully saturated rings. The molecule has 4 aromatic rings. The van der Waals surface area contributed by atoms with Crippen LogP contribution in [-0.2, 0) is 6.42 Å². The summed E-state index contributed by atoms with van der Waals surface area (Å²) in [4.78, 5) is 13.5. The molecule has 5 heteroatoms. The molecule has 1 heterocycles. The number of nitrogens with one attached hydrogen (secondary N) is 1. The topological polar surface area (TPSA) is 57.8 Å². The number of hydrogen-bond donors (Lipinski definition) is 1. The first-order chi connectivity index (χ1) is 15.2. The number of carbonyl (C=O) groups excluding carboxylic acids is 1. The molecule has 0 bridgehead atoms. The molecule has 0 spiro atoms. The zero-order valence-corrected chi connectivity index (χ0v) is 18.3. The van der Waals surface area contributed by atoms with Crippen LogP contribution in [0.5, 0.6) is 0 Å². The minimum Gasteiger partial charge on any atom is -0.344 e. The average Bonchev–Trinajstić information content (AvgIpc) is 3.24. The summed E-state index contributed by atoms with van der Waals surface area (Å²) in [7, 11) is 0. The molecule has 1 atom stereocenters. The van der Waals surface area contributed by atoms with Crippen molar-refractivity contribution in [3.8, 4) is 11.8 Å². The maximum Gasteiger partial charge on any atom is 0.270 e. The maximum absolute atomic E-state index is 13.5. The van der Waals surface area contributed by atoms with Crippen LogP contribution in [0.2, 0.25) is 0 Å². The van der Waals surface area contributed by atoms with Gasteiger partial charge in [-0.1, -0.05) is 72.8 Å². The summed E-state index contributed by atoms with van der Waals surface area (Å²) < 4.78 is 2.59. The van der Waals surface area contributed by atoms with Gasteiger partial charge in [0.2, 0.25) is 0 Å². The molecule has 4 nitrogen and oxygen atoms in total. The second kappa shape index (κ2) is 9.46. The number of benzene rings is 3. The van der Waals surface area contributed by atoms with E-state index in [1.165, 1.54) is 0 Å². The summed E-state index contributed by atoms with van der Waals surface area (Å²) in [6.07, 6.45) is 2.40. The van der Waals surface area contributed by atoms with Crippen LogP contribution >= 0.6 is 15.9 Å². The fourth-order valence-electron chi connectivity index (χ4n) is 3.62. The third kappa shape index (κ3) is 4.60. The van der Waals surface area contributed by atoms with E-state index < -0.39 is 0 Å². The number of nitriles is 1. The van der Waals surface area contributed by atoms with Crippen LogP contribution in [0.1, 0.15) is 33.2 Å². The van der Waals surface area contributed by atoms with Crippen molar-refractivity contribution in [2.24, 2.45) is 0 Å². The third-order valence-electron chi connectivity index (χ3n) is 5.12. The van der Waals surface area contributed by atoms with E-state index in [0.29, 0.717) is 17.7 Å². The summed E-state index contributed by atoms with van der Waals surface area (Å²) in [5, 5.41) is 12.8. The molecular weight excluding hydrogens is 450 g/mol. The fourth-order valence-corrected chi connectivity index (χ4v) is 4.09.